The van der Waals surface area contributed by atoms with Gasteiger partial charge >= 0.3 is 0 Å². The summed E-state index contributed by atoms with van der Waals surface area (Å²) >= 11 is 7.26. The van der Waals surface area contributed by atoms with Crippen LogP contribution in [0.5, 0.6) is 5.75 Å². The Balaban J connectivity index is 1.65. The highest BCUT2D eigenvalue weighted by atomic mass is 35.5. The summed E-state index contributed by atoms with van der Waals surface area (Å²) < 4.78 is 5.71. The van der Waals surface area contributed by atoms with Crippen molar-refractivity contribution in [2.45, 2.75) is 26.0 Å². The first-order chi connectivity index (χ1) is 11.5. The van der Waals surface area contributed by atoms with Crippen molar-refractivity contribution in [1.29, 1.82) is 0 Å². The summed E-state index contributed by atoms with van der Waals surface area (Å²) in [6, 6.07) is 7.45. The van der Waals surface area contributed by atoms with Crippen LogP contribution in [-0.2, 0) is 6.61 Å². The Kier molecular flexibility index (Phi) is 5.38. The van der Waals surface area contributed by atoms with Gasteiger partial charge in [-0.15, -0.1) is 11.3 Å². The number of nitrogens with one attached hydrogen (secondary N) is 1. The van der Waals surface area contributed by atoms with Crippen molar-refractivity contribution in [1.82, 2.24) is 15.2 Å². The summed E-state index contributed by atoms with van der Waals surface area (Å²) in [5, 5.41) is 4.75. The molecule has 1 saturated heterocycles. The van der Waals surface area contributed by atoms with Crippen LogP contribution < -0.4 is 10.1 Å². The van der Waals surface area contributed by atoms with E-state index >= 15 is 0 Å². The highest BCUT2D eigenvalue weighted by molar-refractivity contribution is 7.13. The molecule has 2 aromatic rings. The number of likely N-dealkylation sites (N-methyl/N-ethyl adjacent to an activating group) is 1. The Labute approximate surface area is 150 Å². The number of nitrogens with zero attached hydrogens (tertiary/aromatic N) is 2. The molecule has 0 saturated carbocycles. The molecule has 2 heterocycles. The molecule has 1 aliphatic heterocycles. The fraction of sp³-hybridized carbons (Fsp3) is 0.412. The smallest absolute Gasteiger partial charge is 0.265 e. The molecule has 1 atom stereocenters. The summed E-state index contributed by atoms with van der Waals surface area (Å²) in [7, 11) is 1.86. The molecule has 0 unspecified atom stereocenters. The van der Waals surface area contributed by atoms with Gasteiger partial charge in [0.15, 0.2) is 0 Å². The minimum Gasteiger partial charge on any atom is -0.486 e. The van der Waals surface area contributed by atoms with E-state index in [-0.39, 0.29) is 11.9 Å². The number of aryl methyl sites for hydroxylation is 1. The Morgan fingerprint density at radius 1 is 1.46 bits per heavy atom. The van der Waals surface area contributed by atoms with Gasteiger partial charge in [0.1, 0.15) is 22.2 Å². The van der Waals surface area contributed by atoms with Gasteiger partial charge in [-0.05, 0) is 44.2 Å². The van der Waals surface area contributed by atoms with Crippen LogP contribution in [0.25, 0.3) is 0 Å². The number of amides is 1. The van der Waals surface area contributed by atoms with E-state index in [0.29, 0.717) is 16.5 Å². The number of aromatic nitrogens is 1. The second-order valence-electron chi connectivity index (χ2n) is 5.83. The SMILES string of the molecule is Cc1nc(COc2ccc(Cl)cc2)sc1C(=O)N(C)[C@H]1CCNC1. The number of hydrogen-bond donors (Lipinski definition) is 1. The van der Waals surface area contributed by atoms with E-state index in [1.165, 1.54) is 11.3 Å². The minimum atomic E-state index is 0.0384. The van der Waals surface area contributed by atoms with Gasteiger partial charge in [-0.1, -0.05) is 11.6 Å². The summed E-state index contributed by atoms with van der Waals surface area (Å²) in [6.45, 7) is 4.03. The van der Waals surface area contributed by atoms with E-state index in [9.17, 15) is 4.79 Å². The average Bonchev–Trinajstić information content (AvgIpc) is 3.23. The quantitative estimate of drug-likeness (QED) is 0.884. The maximum atomic E-state index is 12.7. The second-order valence-corrected chi connectivity index (χ2v) is 7.35. The summed E-state index contributed by atoms with van der Waals surface area (Å²) in [5.41, 5.74) is 0.762. The molecule has 0 radical (unpaired) electrons. The van der Waals surface area contributed by atoms with Crippen molar-refractivity contribution < 1.29 is 9.53 Å². The second kappa shape index (κ2) is 7.51. The molecule has 1 fully saturated rings. The van der Waals surface area contributed by atoms with E-state index in [4.69, 9.17) is 16.3 Å². The van der Waals surface area contributed by atoms with Gasteiger partial charge in [0.2, 0.25) is 0 Å². The Morgan fingerprint density at radius 3 is 2.88 bits per heavy atom. The van der Waals surface area contributed by atoms with E-state index in [2.05, 4.69) is 10.3 Å². The molecule has 1 aromatic carbocycles. The monoisotopic (exact) mass is 365 g/mol. The number of halogens is 1. The topological polar surface area (TPSA) is 54.5 Å². The third kappa shape index (κ3) is 3.88. The van der Waals surface area contributed by atoms with Crippen LogP contribution in [0.1, 0.15) is 26.8 Å². The van der Waals surface area contributed by atoms with Crippen LogP contribution in [-0.4, -0.2) is 42.0 Å². The molecule has 1 aliphatic rings. The van der Waals surface area contributed by atoms with Crippen LogP contribution in [0.4, 0.5) is 0 Å². The zero-order valence-corrected chi connectivity index (χ0v) is 15.3. The van der Waals surface area contributed by atoms with Crippen LogP contribution in [0.3, 0.4) is 0 Å². The van der Waals surface area contributed by atoms with Crippen LogP contribution in [0.15, 0.2) is 24.3 Å². The Bertz CT molecular complexity index is 711. The molecule has 3 rings (SSSR count). The lowest BCUT2D eigenvalue weighted by Gasteiger charge is -2.23. The molecule has 0 spiro atoms. The van der Waals surface area contributed by atoms with Gasteiger partial charge < -0.3 is 15.0 Å². The number of ether oxygens (including phenoxy) is 1. The van der Waals surface area contributed by atoms with Crippen molar-refractivity contribution in [3.8, 4) is 5.75 Å². The van der Waals surface area contributed by atoms with Gasteiger partial charge in [-0.25, -0.2) is 4.98 Å². The lowest BCUT2D eigenvalue weighted by atomic mass is 10.2. The molecule has 0 bridgehead atoms. The number of rotatable bonds is 5. The third-order valence-corrected chi connectivity index (χ3v) is 5.48. The highest BCUT2D eigenvalue weighted by Crippen LogP contribution is 2.23. The lowest BCUT2D eigenvalue weighted by molar-refractivity contribution is 0.0747. The molecule has 1 amide bonds. The Hall–Kier alpha value is -1.63. The molecular formula is C17H20ClN3O2S. The van der Waals surface area contributed by atoms with Gasteiger partial charge in [0, 0.05) is 24.7 Å². The number of thiazole rings is 1. The van der Waals surface area contributed by atoms with E-state index in [1.54, 1.807) is 12.1 Å². The largest absolute Gasteiger partial charge is 0.486 e. The zero-order chi connectivity index (χ0) is 17.1. The minimum absolute atomic E-state index is 0.0384. The zero-order valence-electron chi connectivity index (χ0n) is 13.7. The van der Waals surface area contributed by atoms with Gasteiger partial charge in [0.05, 0.1) is 5.69 Å². The molecule has 0 aliphatic carbocycles. The molecular weight excluding hydrogens is 346 g/mol. The van der Waals surface area contributed by atoms with Gasteiger partial charge in [0.25, 0.3) is 5.91 Å². The summed E-state index contributed by atoms with van der Waals surface area (Å²) in [5.74, 6) is 0.769. The molecule has 128 valence electrons. The molecule has 7 heteroatoms. The molecule has 5 nitrogen and oxygen atoms in total. The Morgan fingerprint density at radius 2 is 2.21 bits per heavy atom. The first-order valence-corrected chi connectivity index (χ1v) is 9.06. The number of carbonyl (C=O) groups is 1. The standard InChI is InChI=1S/C17H20ClN3O2S/c1-11-16(17(22)21(2)13-7-8-19-9-13)24-15(20-11)10-23-14-5-3-12(18)4-6-14/h3-6,13,19H,7-10H2,1-2H3/t13-/m0/s1. The summed E-state index contributed by atoms with van der Waals surface area (Å²) in [6.07, 6.45) is 0.993. The summed E-state index contributed by atoms with van der Waals surface area (Å²) in [4.78, 5) is 19.7. The van der Waals surface area contributed by atoms with Crippen molar-refractivity contribution >= 4 is 28.8 Å². The van der Waals surface area contributed by atoms with Crippen LogP contribution in [0.2, 0.25) is 5.02 Å². The molecule has 1 aromatic heterocycles. The fourth-order valence-corrected chi connectivity index (χ4v) is 3.77. The lowest BCUT2D eigenvalue weighted by Crippen LogP contribution is -2.38. The highest BCUT2D eigenvalue weighted by Gasteiger charge is 2.26. The number of hydrogen-bond acceptors (Lipinski definition) is 5. The third-order valence-electron chi connectivity index (χ3n) is 4.11. The fourth-order valence-electron chi connectivity index (χ4n) is 2.68. The van der Waals surface area contributed by atoms with E-state index in [0.717, 1.165) is 36.0 Å². The van der Waals surface area contributed by atoms with Crippen molar-refractivity contribution in [2.24, 2.45) is 0 Å². The van der Waals surface area contributed by atoms with Crippen LogP contribution >= 0.6 is 22.9 Å². The normalized spacial score (nSPS) is 17.0. The van der Waals surface area contributed by atoms with Gasteiger partial charge in [-0.2, -0.15) is 0 Å². The van der Waals surface area contributed by atoms with E-state index in [1.807, 2.05) is 31.0 Å². The predicted molar refractivity (Wildman–Crippen MR) is 96.0 cm³/mol. The number of carbonyl (C=O) groups excluding carboxylic acids is 1. The van der Waals surface area contributed by atoms with Crippen molar-refractivity contribution in [3.05, 3.63) is 44.9 Å². The molecule has 1 N–H and O–H groups in total. The average molecular weight is 366 g/mol. The first-order valence-electron chi connectivity index (χ1n) is 7.87. The maximum absolute atomic E-state index is 12.7. The van der Waals surface area contributed by atoms with Crippen LogP contribution in [0, 0.1) is 6.92 Å². The van der Waals surface area contributed by atoms with E-state index < -0.39 is 0 Å². The maximum Gasteiger partial charge on any atom is 0.265 e. The predicted octanol–water partition coefficient (Wildman–Crippen LogP) is 3.12. The van der Waals surface area contributed by atoms with Crippen molar-refractivity contribution in [2.75, 3.05) is 20.1 Å². The molecule has 24 heavy (non-hydrogen) atoms. The first kappa shape index (κ1) is 17.2. The van der Waals surface area contributed by atoms with Gasteiger partial charge in [-0.3, -0.25) is 4.79 Å². The van der Waals surface area contributed by atoms with Crippen molar-refractivity contribution in [3.63, 3.8) is 0 Å². The number of benzene rings is 1.